The molecule has 0 saturated carbocycles. The summed E-state index contributed by atoms with van der Waals surface area (Å²) in [5.41, 5.74) is 3.71. The second kappa shape index (κ2) is 6.80. The summed E-state index contributed by atoms with van der Waals surface area (Å²) in [4.78, 5) is 11.5. The number of nitriles is 1. The Morgan fingerprint density at radius 3 is 2.17 bits per heavy atom. The van der Waals surface area contributed by atoms with Gasteiger partial charge in [0.25, 0.3) is 0 Å². The number of esters is 1. The first-order valence-corrected chi connectivity index (χ1v) is 6.36. The summed E-state index contributed by atoms with van der Waals surface area (Å²) < 4.78 is 4.95. The van der Waals surface area contributed by atoms with Gasteiger partial charge in [0.05, 0.1) is 24.7 Å². The number of nitrogens with zero attached hydrogens (tertiary/aromatic N) is 1. The van der Waals surface area contributed by atoms with Crippen molar-refractivity contribution in [3.63, 3.8) is 0 Å². The van der Waals surface area contributed by atoms with Gasteiger partial charge in [-0.25, -0.2) is 0 Å². The zero-order valence-corrected chi connectivity index (χ0v) is 11.2. The van der Waals surface area contributed by atoms with Crippen LogP contribution in [0.1, 0.15) is 43.0 Å². The zero-order valence-electron chi connectivity index (χ0n) is 11.2. The van der Waals surface area contributed by atoms with Crippen molar-refractivity contribution < 1.29 is 9.53 Å². The Bertz CT molecular complexity index is 447. The largest absolute Gasteiger partial charge is 0.466 e. The van der Waals surface area contributed by atoms with Crippen molar-refractivity contribution in [1.82, 2.24) is 0 Å². The van der Waals surface area contributed by atoms with Gasteiger partial charge in [-0.05, 0) is 36.5 Å². The fourth-order valence-corrected chi connectivity index (χ4v) is 2.02. The van der Waals surface area contributed by atoms with E-state index < -0.39 is 0 Å². The number of carbonyl (C=O) groups excluding carboxylic acids is 1. The molecule has 0 fully saturated rings. The molecule has 1 aromatic carbocycles. The van der Waals surface area contributed by atoms with Crippen LogP contribution >= 0.6 is 0 Å². The van der Waals surface area contributed by atoms with Gasteiger partial charge < -0.3 is 4.74 Å². The van der Waals surface area contributed by atoms with Crippen molar-refractivity contribution in [1.29, 1.82) is 5.26 Å². The molecule has 0 N–H and O–H groups in total. The quantitative estimate of drug-likeness (QED) is 0.749. The predicted molar refractivity (Wildman–Crippen MR) is 70.3 cm³/mol. The maximum Gasteiger partial charge on any atom is 0.310 e. The highest BCUT2D eigenvalue weighted by molar-refractivity contribution is 5.73. The van der Waals surface area contributed by atoms with Crippen LogP contribution in [0.2, 0.25) is 0 Å². The molecule has 18 heavy (non-hydrogen) atoms. The highest BCUT2D eigenvalue weighted by Gasteiger charge is 2.11. The minimum atomic E-state index is -0.216. The molecule has 0 spiro atoms. The van der Waals surface area contributed by atoms with E-state index in [4.69, 9.17) is 4.74 Å². The average molecular weight is 245 g/mol. The van der Waals surface area contributed by atoms with Crippen LogP contribution < -0.4 is 0 Å². The van der Waals surface area contributed by atoms with Gasteiger partial charge in [0.2, 0.25) is 0 Å². The molecule has 3 nitrogen and oxygen atoms in total. The van der Waals surface area contributed by atoms with Crippen LogP contribution in [0.25, 0.3) is 0 Å². The first kappa shape index (κ1) is 14.2. The summed E-state index contributed by atoms with van der Waals surface area (Å²) in [6.45, 7) is 6.23. The smallest absolute Gasteiger partial charge is 0.310 e. The number of rotatable bonds is 5. The maximum absolute atomic E-state index is 11.5. The summed E-state index contributed by atoms with van der Waals surface area (Å²) in [7, 11) is 0. The van der Waals surface area contributed by atoms with Gasteiger partial charge in [0.1, 0.15) is 0 Å². The highest BCUT2D eigenvalue weighted by Crippen LogP contribution is 2.19. The van der Waals surface area contributed by atoms with E-state index in [1.807, 2.05) is 26.0 Å². The van der Waals surface area contributed by atoms with Crippen LogP contribution in [0.5, 0.6) is 0 Å². The molecule has 96 valence electrons. The topological polar surface area (TPSA) is 50.1 Å². The van der Waals surface area contributed by atoms with Crippen LogP contribution in [0.3, 0.4) is 0 Å². The minimum Gasteiger partial charge on any atom is -0.466 e. The Morgan fingerprint density at radius 1 is 1.22 bits per heavy atom. The summed E-state index contributed by atoms with van der Waals surface area (Å²) in [6.07, 6.45) is 1.87. The van der Waals surface area contributed by atoms with Crippen molar-refractivity contribution in [3.05, 3.63) is 34.4 Å². The maximum atomic E-state index is 11.5. The monoisotopic (exact) mass is 245 g/mol. The van der Waals surface area contributed by atoms with Crippen LogP contribution in [0.4, 0.5) is 0 Å². The number of benzene rings is 1. The standard InChI is InChI=1S/C15H19NO2/c1-4-12-7-11(9-15(17)18-6-3)8-13(5-2)14(12)10-16/h7-8H,4-6,9H2,1-3H3. The van der Waals surface area contributed by atoms with E-state index in [-0.39, 0.29) is 12.4 Å². The lowest BCUT2D eigenvalue weighted by atomic mass is 9.94. The van der Waals surface area contributed by atoms with E-state index in [2.05, 4.69) is 6.07 Å². The Balaban J connectivity index is 3.08. The van der Waals surface area contributed by atoms with Gasteiger partial charge in [0, 0.05) is 0 Å². The molecule has 0 aliphatic heterocycles. The number of carbonyl (C=O) groups is 1. The molecule has 0 amide bonds. The molecule has 0 aromatic heterocycles. The molecule has 0 bridgehead atoms. The Morgan fingerprint density at radius 2 is 1.78 bits per heavy atom. The molecule has 0 radical (unpaired) electrons. The van der Waals surface area contributed by atoms with Gasteiger partial charge in [-0.1, -0.05) is 26.0 Å². The first-order chi connectivity index (χ1) is 8.65. The molecule has 0 aliphatic rings. The first-order valence-electron chi connectivity index (χ1n) is 6.36. The van der Waals surface area contributed by atoms with Crippen LogP contribution in [-0.2, 0) is 28.8 Å². The second-order valence-corrected chi connectivity index (χ2v) is 4.09. The van der Waals surface area contributed by atoms with E-state index in [0.29, 0.717) is 6.61 Å². The Labute approximate surface area is 108 Å². The van der Waals surface area contributed by atoms with E-state index >= 15 is 0 Å². The van der Waals surface area contributed by atoms with Gasteiger partial charge in [-0.15, -0.1) is 0 Å². The fourth-order valence-electron chi connectivity index (χ4n) is 2.02. The van der Waals surface area contributed by atoms with Crippen molar-refractivity contribution in [2.75, 3.05) is 6.61 Å². The van der Waals surface area contributed by atoms with Crippen molar-refractivity contribution in [2.24, 2.45) is 0 Å². The number of hydrogen-bond donors (Lipinski definition) is 0. The minimum absolute atomic E-state index is 0.216. The number of hydrogen-bond acceptors (Lipinski definition) is 3. The van der Waals surface area contributed by atoms with Crippen LogP contribution in [0, 0.1) is 11.3 Å². The van der Waals surface area contributed by atoms with Crippen LogP contribution in [0.15, 0.2) is 12.1 Å². The fraction of sp³-hybridized carbons (Fsp3) is 0.467. The molecular weight excluding hydrogens is 226 g/mol. The van der Waals surface area contributed by atoms with Gasteiger partial charge >= 0.3 is 5.97 Å². The van der Waals surface area contributed by atoms with Gasteiger partial charge in [-0.2, -0.15) is 5.26 Å². The van der Waals surface area contributed by atoms with Gasteiger partial charge in [-0.3, -0.25) is 4.79 Å². The molecule has 0 heterocycles. The highest BCUT2D eigenvalue weighted by atomic mass is 16.5. The lowest BCUT2D eigenvalue weighted by Gasteiger charge is -2.10. The molecule has 1 rings (SSSR count). The Kier molecular flexibility index (Phi) is 5.38. The van der Waals surface area contributed by atoms with Gasteiger partial charge in [0.15, 0.2) is 0 Å². The summed E-state index contributed by atoms with van der Waals surface area (Å²) in [5.74, 6) is -0.216. The van der Waals surface area contributed by atoms with E-state index in [1.54, 1.807) is 6.92 Å². The SMILES string of the molecule is CCOC(=O)Cc1cc(CC)c(C#N)c(CC)c1. The molecule has 0 atom stereocenters. The third kappa shape index (κ3) is 3.33. The summed E-state index contributed by atoms with van der Waals surface area (Å²) in [5, 5.41) is 9.18. The molecule has 3 heteroatoms. The summed E-state index contributed by atoms with van der Waals surface area (Å²) in [6, 6.07) is 6.13. The van der Waals surface area contributed by atoms with Crippen molar-refractivity contribution in [2.45, 2.75) is 40.0 Å². The predicted octanol–water partition coefficient (Wildman–Crippen LogP) is 2.79. The Hall–Kier alpha value is -1.82. The summed E-state index contributed by atoms with van der Waals surface area (Å²) >= 11 is 0. The lowest BCUT2D eigenvalue weighted by molar-refractivity contribution is -0.142. The number of ether oxygens (including phenoxy) is 1. The average Bonchev–Trinajstić information content (AvgIpc) is 2.37. The third-order valence-electron chi connectivity index (χ3n) is 2.89. The number of aryl methyl sites for hydroxylation is 2. The van der Waals surface area contributed by atoms with E-state index in [1.165, 1.54) is 0 Å². The van der Waals surface area contributed by atoms with Crippen molar-refractivity contribution >= 4 is 5.97 Å². The lowest BCUT2D eigenvalue weighted by Crippen LogP contribution is -2.09. The molecule has 0 unspecified atom stereocenters. The molecular formula is C15H19NO2. The second-order valence-electron chi connectivity index (χ2n) is 4.09. The molecule has 0 aliphatic carbocycles. The van der Waals surface area contributed by atoms with Crippen LogP contribution in [-0.4, -0.2) is 12.6 Å². The normalized spacial score (nSPS) is 9.89. The zero-order chi connectivity index (χ0) is 13.5. The third-order valence-corrected chi connectivity index (χ3v) is 2.89. The van der Waals surface area contributed by atoms with Crippen molar-refractivity contribution in [3.8, 4) is 6.07 Å². The van der Waals surface area contributed by atoms with E-state index in [0.717, 1.165) is 35.1 Å². The molecule has 1 aromatic rings. The van der Waals surface area contributed by atoms with E-state index in [9.17, 15) is 10.1 Å². The molecule has 0 saturated heterocycles.